The second-order valence-electron chi connectivity index (χ2n) is 4.55. The van der Waals surface area contributed by atoms with Gasteiger partial charge in [-0.25, -0.2) is 17.9 Å². The largest absolute Gasteiger partial charge is 0.477 e. The van der Waals surface area contributed by atoms with E-state index in [1.54, 1.807) is 30.3 Å². The minimum absolute atomic E-state index is 0.0354. The van der Waals surface area contributed by atoms with E-state index in [2.05, 4.69) is 9.88 Å². The van der Waals surface area contributed by atoms with Gasteiger partial charge in [-0.05, 0) is 6.92 Å². The summed E-state index contributed by atoms with van der Waals surface area (Å²) in [5.41, 5.74) is 0.599. The Morgan fingerprint density at radius 2 is 1.95 bits per heavy atom. The number of aromatic nitrogens is 1. The summed E-state index contributed by atoms with van der Waals surface area (Å²) in [5, 5.41) is 13.1. The smallest absolute Gasteiger partial charge is 0.341 e. The number of hydrogen-bond donors (Lipinski definition) is 2. The summed E-state index contributed by atoms with van der Waals surface area (Å²) in [6, 6.07) is 7.83. The van der Waals surface area contributed by atoms with Crippen LogP contribution in [0.15, 0.2) is 34.9 Å². The minimum Gasteiger partial charge on any atom is -0.477 e. The van der Waals surface area contributed by atoms with E-state index < -0.39 is 22.0 Å². The summed E-state index contributed by atoms with van der Waals surface area (Å²) in [4.78, 5) is 11.5. The van der Waals surface area contributed by atoms with Crippen LogP contribution >= 0.6 is 0 Å². The molecule has 0 saturated carbocycles. The number of carboxylic acids is 1. The highest BCUT2D eigenvalue weighted by Gasteiger charge is 2.28. The molecule has 1 heterocycles. The summed E-state index contributed by atoms with van der Waals surface area (Å²) in [6.45, 7) is 1.49. The topological polar surface area (TPSA) is 110 Å². The SMILES string of the molecule is CC(NS(C)(=O)=O)c1onc(-c2ccccc2)c1C(=O)O. The lowest BCUT2D eigenvalue weighted by atomic mass is 10.0. The maximum absolute atomic E-state index is 11.5. The van der Waals surface area contributed by atoms with Gasteiger partial charge in [0.1, 0.15) is 11.3 Å². The van der Waals surface area contributed by atoms with E-state index in [1.807, 2.05) is 0 Å². The maximum Gasteiger partial charge on any atom is 0.341 e. The molecule has 1 unspecified atom stereocenters. The Labute approximate surface area is 121 Å². The molecular formula is C13H14N2O5S. The Morgan fingerprint density at radius 1 is 1.33 bits per heavy atom. The molecule has 0 fully saturated rings. The lowest BCUT2D eigenvalue weighted by Gasteiger charge is -2.09. The lowest BCUT2D eigenvalue weighted by molar-refractivity contribution is 0.0694. The first-order valence-electron chi connectivity index (χ1n) is 6.05. The molecule has 8 heteroatoms. The standard InChI is InChI=1S/C13H14N2O5S/c1-8(15-21(2,18)19)12-10(13(16)17)11(14-20-12)9-6-4-3-5-7-9/h3-8,15H,1-2H3,(H,16,17). The zero-order valence-corrected chi connectivity index (χ0v) is 12.2. The second-order valence-corrected chi connectivity index (χ2v) is 6.33. The molecule has 0 spiro atoms. The molecule has 0 amide bonds. The van der Waals surface area contributed by atoms with Gasteiger partial charge in [0, 0.05) is 5.56 Å². The van der Waals surface area contributed by atoms with Crippen LogP contribution in [0.1, 0.15) is 29.1 Å². The molecular weight excluding hydrogens is 296 g/mol. The van der Waals surface area contributed by atoms with E-state index in [-0.39, 0.29) is 17.0 Å². The fraction of sp³-hybridized carbons (Fsp3) is 0.231. The Bertz CT molecular complexity index is 752. The molecule has 1 aromatic carbocycles. The molecule has 2 N–H and O–H groups in total. The van der Waals surface area contributed by atoms with Crippen molar-refractivity contribution in [3.05, 3.63) is 41.7 Å². The van der Waals surface area contributed by atoms with Crippen LogP contribution in [-0.4, -0.2) is 30.9 Å². The molecule has 1 atom stereocenters. The predicted octanol–water partition coefficient (Wildman–Crippen LogP) is 1.65. The molecule has 2 aromatic rings. The van der Waals surface area contributed by atoms with Crippen LogP contribution in [0, 0.1) is 0 Å². The average Bonchev–Trinajstić information content (AvgIpc) is 2.82. The molecule has 0 saturated heterocycles. The van der Waals surface area contributed by atoms with Gasteiger partial charge >= 0.3 is 5.97 Å². The Kier molecular flexibility index (Phi) is 4.10. The van der Waals surface area contributed by atoms with E-state index in [9.17, 15) is 18.3 Å². The van der Waals surface area contributed by atoms with Crippen LogP contribution in [0.5, 0.6) is 0 Å². The van der Waals surface area contributed by atoms with Gasteiger partial charge in [-0.3, -0.25) is 0 Å². The van der Waals surface area contributed by atoms with Gasteiger partial charge in [-0.15, -0.1) is 0 Å². The van der Waals surface area contributed by atoms with Crippen molar-refractivity contribution in [3.63, 3.8) is 0 Å². The monoisotopic (exact) mass is 310 g/mol. The first kappa shape index (κ1) is 15.2. The summed E-state index contributed by atoms with van der Waals surface area (Å²) in [5.74, 6) is -1.26. The van der Waals surface area contributed by atoms with Gasteiger partial charge in [0.15, 0.2) is 5.76 Å². The zero-order chi connectivity index (χ0) is 15.6. The summed E-state index contributed by atoms with van der Waals surface area (Å²) < 4.78 is 29.8. The van der Waals surface area contributed by atoms with Crippen molar-refractivity contribution < 1.29 is 22.8 Å². The van der Waals surface area contributed by atoms with Gasteiger partial charge in [0.25, 0.3) is 0 Å². The molecule has 112 valence electrons. The molecule has 2 rings (SSSR count). The number of carboxylic acid groups (broad SMARTS) is 1. The minimum atomic E-state index is -3.50. The van der Waals surface area contributed by atoms with Crippen molar-refractivity contribution in [2.24, 2.45) is 0 Å². The maximum atomic E-state index is 11.5. The summed E-state index contributed by atoms with van der Waals surface area (Å²) in [6.07, 6.45) is 0.985. The molecule has 0 aliphatic heterocycles. The predicted molar refractivity (Wildman–Crippen MR) is 75.3 cm³/mol. The third-order valence-corrected chi connectivity index (χ3v) is 3.55. The van der Waals surface area contributed by atoms with Crippen molar-refractivity contribution in [2.75, 3.05) is 6.26 Å². The van der Waals surface area contributed by atoms with Crippen LogP contribution in [0.25, 0.3) is 11.3 Å². The third kappa shape index (κ3) is 3.47. The van der Waals surface area contributed by atoms with E-state index in [1.165, 1.54) is 6.92 Å². The van der Waals surface area contributed by atoms with Crippen molar-refractivity contribution in [1.82, 2.24) is 9.88 Å². The highest BCUT2D eigenvalue weighted by Crippen LogP contribution is 2.29. The molecule has 0 bridgehead atoms. The van der Waals surface area contributed by atoms with Gasteiger partial charge < -0.3 is 9.63 Å². The number of rotatable bonds is 5. The van der Waals surface area contributed by atoms with Gasteiger partial charge in [0.05, 0.1) is 12.3 Å². The van der Waals surface area contributed by atoms with Gasteiger partial charge in [0.2, 0.25) is 10.0 Å². The molecule has 7 nitrogen and oxygen atoms in total. The molecule has 21 heavy (non-hydrogen) atoms. The van der Waals surface area contributed by atoms with Crippen LogP contribution in [0.3, 0.4) is 0 Å². The van der Waals surface area contributed by atoms with Crippen LogP contribution in [0.2, 0.25) is 0 Å². The van der Waals surface area contributed by atoms with E-state index >= 15 is 0 Å². The number of sulfonamides is 1. The van der Waals surface area contributed by atoms with Crippen molar-refractivity contribution in [1.29, 1.82) is 0 Å². The second kappa shape index (κ2) is 5.66. The Morgan fingerprint density at radius 3 is 2.48 bits per heavy atom. The van der Waals surface area contributed by atoms with Crippen molar-refractivity contribution in [3.8, 4) is 11.3 Å². The number of aromatic carboxylic acids is 1. The van der Waals surface area contributed by atoms with Crippen LogP contribution < -0.4 is 4.72 Å². The molecule has 1 aromatic heterocycles. The van der Waals surface area contributed by atoms with Gasteiger partial charge in [-0.2, -0.15) is 0 Å². The van der Waals surface area contributed by atoms with Crippen LogP contribution in [0.4, 0.5) is 0 Å². The van der Waals surface area contributed by atoms with Crippen LogP contribution in [-0.2, 0) is 10.0 Å². The highest BCUT2D eigenvalue weighted by molar-refractivity contribution is 7.88. The fourth-order valence-electron chi connectivity index (χ4n) is 1.97. The molecule has 0 radical (unpaired) electrons. The van der Waals surface area contributed by atoms with Gasteiger partial charge in [-0.1, -0.05) is 35.5 Å². The highest BCUT2D eigenvalue weighted by atomic mass is 32.2. The zero-order valence-electron chi connectivity index (χ0n) is 11.4. The fourth-order valence-corrected chi connectivity index (χ4v) is 2.72. The summed E-state index contributed by atoms with van der Waals surface area (Å²) >= 11 is 0. The third-order valence-electron chi connectivity index (χ3n) is 2.76. The first-order valence-corrected chi connectivity index (χ1v) is 7.94. The van der Waals surface area contributed by atoms with E-state index in [0.717, 1.165) is 6.26 Å². The normalized spacial score (nSPS) is 13.0. The quantitative estimate of drug-likeness (QED) is 0.869. The number of benzene rings is 1. The number of hydrogen-bond acceptors (Lipinski definition) is 5. The van der Waals surface area contributed by atoms with E-state index in [4.69, 9.17) is 4.52 Å². The summed E-state index contributed by atoms with van der Waals surface area (Å²) in [7, 11) is -3.50. The van der Waals surface area contributed by atoms with E-state index in [0.29, 0.717) is 5.56 Å². The average molecular weight is 310 g/mol. The molecule has 0 aliphatic carbocycles. The number of nitrogens with one attached hydrogen (secondary N) is 1. The lowest BCUT2D eigenvalue weighted by Crippen LogP contribution is -2.26. The number of carbonyl (C=O) groups is 1. The van der Waals surface area contributed by atoms with Crippen molar-refractivity contribution in [2.45, 2.75) is 13.0 Å². The Balaban J connectivity index is 2.50. The Hall–Kier alpha value is -2.19. The molecule has 0 aliphatic rings. The first-order chi connectivity index (χ1) is 9.79. The number of nitrogens with zero attached hydrogens (tertiary/aromatic N) is 1. The van der Waals surface area contributed by atoms with Crippen molar-refractivity contribution >= 4 is 16.0 Å².